The normalized spacial score (nSPS) is 10.3. The zero-order valence-electron chi connectivity index (χ0n) is 18.9. The van der Waals surface area contributed by atoms with E-state index in [-0.39, 0.29) is 16.9 Å². The van der Waals surface area contributed by atoms with Gasteiger partial charge in [-0.2, -0.15) is 0 Å². The maximum absolute atomic E-state index is 12.6. The number of anilines is 1. The van der Waals surface area contributed by atoms with Gasteiger partial charge in [0.05, 0.1) is 6.61 Å². The van der Waals surface area contributed by atoms with Gasteiger partial charge in [-0.05, 0) is 61.1 Å². The molecule has 0 fully saturated rings. The second kappa shape index (κ2) is 13.1. The topological polar surface area (TPSA) is 88.7 Å². The van der Waals surface area contributed by atoms with Gasteiger partial charge in [0.2, 0.25) is 0 Å². The molecule has 34 heavy (non-hydrogen) atoms. The molecule has 0 spiro atoms. The van der Waals surface area contributed by atoms with Crippen LogP contribution in [-0.4, -0.2) is 36.7 Å². The Balaban J connectivity index is 1.52. The number of amides is 2. The number of hydrogen-bond acceptors (Lipinski definition) is 5. The van der Waals surface area contributed by atoms with Crippen LogP contribution in [0, 0.1) is 0 Å². The van der Waals surface area contributed by atoms with E-state index in [1.165, 1.54) is 0 Å². The Kier molecular flexibility index (Phi) is 9.57. The van der Waals surface area contributed by atoms with Gasteiger partial charge in [0.1, 0.15) is 12.4 Å². The molecule has 0 saturated carbocycles. The summed E-state index contributed by atoms with van der Waals surface area (Å²) in [6, 6.07) is 23.4. The molecule has 0 aromatic heterocycles. The van der Waals surface area contributed by atoms with Gasteiger partial charge in [-0.25, -0.2) is 0 Å². The average Bonchev–Trinajstić information content (AvgIpc) is 2.86. The number of hydrogen-bond donors (Lipinski definition) is 3. The third kappa shape index (κ3) is 7.99. The highest BCUT2D eigenvalue weighted by molar-refractivity contribution is 7.80. The van der Waals surface area contributed by atoms with E-state index < -0.39 is 0 Å². The third-order valence-corrected chi connectivity index (χ3v) is 4.91. The Morgan fingerprint density at radius 2 is 1.59 bits per heavy atom. The van der Waals surface area contributed by atoms with E-state index >= 15 is 0 Å². The monoisotopic (exact) mass is 477 g/mol. The molecule has 7 nitrogen and oxygen atoms in total. The maximum Gasteiger partial charge on any atom is 0.257 e. The van der Waals surface area contributed by atoms with E-state index in [1.807, 2.05) is 37.3 Å². The smallest absolute Gasteiger partial charge is 0.257 e. The predicted octanol–water partition coefficient (Wildman–Crippen LogP) is 4.16. The highest BCUT2D eigenvalue weighted by Crippen LogP contribution is 2.14. The van der Waals surface area contributed by atoms with Crippen molar-refractivity contribution in [2.24, 2.45) is 0 Å². The molecule has 8 heteroatoms. The number of thiocarbonyl (C=S) groups is 1. The Hall–Kier alpha value is -3.75. The Morgan fingerprint density at radius 3 is 2.35 bits per heavy atom. The minimum Gasteiger partial charge on any atom is -0.491 e. The second-order valence-electron chi connectivity index (χ2n) is 7.23. The molecule has 0 heterocycles. The molecule has 0 aliphatic rings. The summed E-state index contributed by atoms with van der Waals surface area (Å²) in [6.45, 7) is 3.84. The minimum atomic E-state index is -0.371. The summed E-state index contributed by atoms with van der Waals surface area (Å²) in [5.41, 5.74) is 2.49. The van der Waals surface area contributed by atoms with E-state index in [4.69, 9.17) is 21.7 Å². The van der Waals surface area contributed by atoms with Gasteiger partial charge in [0, 0.05) is 30.0 Å². The van der Waals surface area contributed by atoms with Crippen LogP contribution in [0.2, 0.25) is 0 Å². The van der Waals surface area contributed by atoms with E-state index in [1.54, 1.807) is 48.5 Å². The Labute approximate surface area is 204 Å². The van der Waals surface area contributed by atoms with Crippen LogP contribution in [0.25, 0.3) is 0 Å². The minimum absolute atomic E-state index is 0.120. The van der Waals surface area contributed by atoms with Crippen LogP contribution in [-0.2, 0) is 11.3 Å². The first kappa shape index (κ1) is 24.9. The lowest BCUT2D eigenvalue weighted by molar-refractivity contribution is 0.0948. The number of nitrogens with one attached hydrogen (secondary N) is 3. The van der Waals surface area contributed by atoms with Gasteiger partial charge < -0.3 is 20.1 Å². The van der Waals surface area contributed by atoms with Gasteiger partial charge in [0.15, 0.2) is 5.11 Å². The lowest BCUT2D eigenvalue weighted by Gasteiger charge is -2.12. The average molecular weight is 478 g/mol. The van der Waals surface area contributed by atoms with E-state index in [0.717, 1.165) is 5.56 Å². The largest absolute Gasteiger partial charge is 0.491 e. The fourth-order valence-electron chi connectivity index (χ4n) is 3.05. The molecule has 0 radical (unpaired) electrons. The fourth-order valence-corrected chi connectivity index (χ4v) is 3.26. The molecular weight excluding hydrogens is 450 g/mol. The van der Waals surface area contributed by atoms with Crippen LogP contribution in [0.3, 0.4) is 0 Å². The van der Waals surface area contributed by atoms with Crippen molar-refractivity contribution in [3.63, 3.8) is 0 Å². The van der Waals surface area contributed by atoms with Crippen molar-refractivity contribution in [2.75, 3.05) is 25.1 Å². The number of benzene rings is 3. The van der Waals surface area contributed by atoms with E-state index in [0.29, 0.717) is 48.9 Å². The van der Waals surface area contributed by atoms with Gasteiger partial charge >= 0.3 is 0 Å². The summed E-state index contributed by atoms with van der Waals surface area (Å²) in [6.07, 6.45) is 0. The first-order valence-electron chi connectivity index (χ1n) is 10.9. The Morgan fingerprint density at radius 1 is 0.853 bits per heavy atom. The molecule has 0 aliphatic carbocycles. The molecule has 176 valence electrons. The maximum atomic E-state index is 12.6. The van der Waals surface area contributed by atoms with Crippen molar-refractivity contribution in [3.05, 3.63) is 95.6 Å². The van der Waals surface area contributed by atoms with E-state index in [9.17, 15) is 9.59 Å². The lowest BCUT2D eigenvalue weighted by Crippen LogP contribution is -2.34. The second-order valence-corrected chi connectivity index (χ2v) is 7.64. The molecule has 0 aliphatic heterocycles. The standard InChI is InChI=1S/C26H27N3O4S/c1-2-32-14-15-33-23-13-7-11-21(17-23)25(31)29-26(34)28-22-12-6-10-20(16-22)24(30)27-18-19-8-4-3-5-9-19/h3-13,16-17H,2,14-15,18H2,1H3,(H,27,30)(H2,28,29,31,34). The van der Waals surface area contributed by atoms with Gasteiger partial charge in [-0.1, -0.05) is 42.5 Å². The van der Waals surface area contributed by atoms with Crippen molar-refractivity contribution in [2.45, 2.75) is 13.5 Å². The SMILES string of the molecule is CCOCCOc1cccc(C(=O)NC(=S)Nc2cccc(C(=O)NCc3ccccc3)c2)c1. The quantitative estimate of drug-likeness (QED) is 0.300. The van der Waals surface area contributed by atoms with Gasteiger partial charge in [-0.15, -0.1) is 0 Å². The van der Waals surface area contributed by atoms with Crippen LogP contribution in [0.15, 0.2) is 78.9 Å². The van der Waals surface area contributed by atoms with Crippen LogP contribution >= 0.6 is 12.2 Å². The van der Waals surface area contributed by atoms with Crippen molar-refractivity contribution in [3.8, 4) is 5.75 Å². The fraction of sp³-hybridized carbons (Fsp3) is 0.192. The summed E-state index contributed by atoms with van der Waals surface area (Å²) in [4.78, 5) is 25.1. The third-order valence-electron chi connectivity index (χ3n) is 4.70. The molecule has 0 bridgehead atoms. The molecule has 3 rings (SSSR count). The summed E-state index contributed by atoms with van der Waals surface area (Å²) < 4.78 is 10.8. The summed E-state index contributed by atoms with van der Waals surface area (Å²) in [7, 11) is 0. The molecule has 2 amide bonds. The van der Waals surface area contributed by atoms with Crippen molar-refractivity contribution < 1.29 is 19.1 Å². The van der Waals surface area contributed by atoms with Crippen molar-refractivity contribution >= 4 is 34.8 Å². The van der Waals surface area contributed by atoms with Crippen LogP contribution < -0.4 is 20.7 Å². The van der Waals surface area contributed by atoms with Crippen LogP contribution in [0.1, 0.15) is 33.2 Å². The van der Waals surface area contributed by atoms with Crippen LogP contribution in [0.5, 0.6) is 5.75 Å². The zero-order valence-corrected chi connectivity index (χ0v) is 19.7. The summed E-state index contributed by atoms with van der Waals surface area (Å²) in [5.74, 6) is -0.00595. The van der Waals surface area contributed by atoms with Crippen LogP contribution in [0.4, 0.5) is 5.69 Å². The molecular formula is C26H27N3O4S. The number of carbonyl (C=O) groups is 2. The number of ether oxygens (including phenoxy) is 2. The number of rotatable bonds is 10. The van der Waals surface area contributed by atoms with E-state index in [2.05, 4.69) is 16.0 Å². The van der Waals surface area contributed by atoms with Gasteiger partial charge in [0.25, 0.3) is 11.8 Å². The first-order chi connectivity index (χ1) is 16.5. The van der Waals surface area contributed by atoms with Crippen molar-refractivity contribution in [1.29, 1.82) is 0 Å². The van der Waals surface area contributed by atoms with Gasteiger partial charge in [-0.3, -0.25) is 14.9 Å². The molecule has 0 unspecified atom stereocenters. The zero-order chi connectivity index (χ0) is 24.2. The predicted molar refractivity (Wildman–Crippen MR) is 136 cm³/mol. The molecule has 3 N–H and O–H groups in total. The molecule has 3 aromatic carbocycles. The highest BCUT2D eigenvalue weighted by Gasteiger charge is 2.11. The summed E-state index contributed by atoms with van der Waals surface area (Å²) >= 11 is 5.28. The number of carbonyl (C=O) groups excluding carboxylic acids is 2. The van der Waals surface area contributed by atoms with Crippen molar-refractivity contribution in [1.82, 2.24) is 10.6 Å². The highest BCUT2D eigenvalue weighted by atomic mass is 32.1. The molecule has 0 atom stereocenters. The Bertz CT molecular complexity index is 1120. The molecule has 0 saturated heterocycles. The lowest BCUT2D eigenvalue weighted by atomic mass is 10.1. The molecule has 3 aromatic rings. The first-order valence-corrected chi connectivity index (χ1v) is 11.3. The summed E-state index contributed by atoms with van der Waals surface area (Å²) in [5, 5.41) is 8.60.